The molecule has 7 heteroatoms. The lowest BCUT2D eigenvalue weighted by Crippen LogP contribution is -2.35. The van der Waals surface area contributed by atoms with Crippen LogP contribution in [-0.4, -0.2) is 41.7 Å². The fourth-order valence-corrected chi connectivity index (χ4v) is 3.37. The van der Waals surface area contributed by atoms with E-state index in [4.69, 9.17) is 9.15 Å². The molecule has 146 valence electrons. The Morgan fingerprint density at radius 3 is 2.57 bits per heavy atom. The van der Waals surface area contributed by atoms with Crippen LogP contribution in [0.25, 0.3) is 11.1 Å². The van der Waals surface area contributed by atoms with E-state index >= 15 is 0 Å². The van der Waals surface area contributed by atoms with E-state index in [-0.39, 0.29) is 18.9 Å². The molecule has 1 fully saturated rings. The van der Waals surface area contributed by atoms with Gasteiger partial charge in [-0.2, -0.15) is 0 Å². The predicted octanol–water partition coefficient (Wildman–Crippen LogP) is 2.46. The van der Waals surface area contributed by atoms with Crippen LogP contribution in [0.2, 0.25) is 0 Å². The smallest absolute Gasteiger partial charge is 0.408 e. The Labute approximate surface area is 162 Å². The maximum Gasteiger partial charge on any atom is 0.419 e. The van der Waals surface area contributed by atoms with E-state index in [0.29, 0.717) is 11.1 Å². The van der Waals surface area contributed by atoms with Crippen molar-refractivity contribution >= 4 is 22.7 Å². The summed E-state index contributed by atoms with van der Waals surface area (Å²) >= 11 is 0. The third-order valence-corrected chi connectivity index (χ3v) is 4.88. The third-order valence-electron chi connectivity index (χ3n) is 4.88. The molecule has 3 aromatic rings. The molecular weight excluding hydrogens is 358 g/mol. The molecule has 4 rings (SSSR count). The van der Waals surface area contributed by atoms with Crippen LogP contribution in [0.5, 0.6) is 0 Å². The summed E-state index contributed by atoms with van der Waals surface area (Å²) in [6.07, 6.45) is 0.193. The molecule has 0 atom stereocenters. The number of hydrogen-bond acceptors (Lipinski definition) is 5. The summed E-state index contributed by atoms with van der Waals surface area (Å²) in [6.45, 7) is 4.61. The second kappa shape index (κ2) is 8.41. The van der Waals surface area contributed by atoms with Crippen LogP contribution in [0.3, 0.4) is 0 Å². The zero-order valence-corrected chi connectivity index (χ0v) is 15.6. The van der Waals surface area contributed by atoms with E-state index in [0.717, 1.165) is 38.5 Å². The highest BCUT2D eigenvalue weighted by Crippen LogP contribution is 2.14. The van der Waals surface area contributed by atoms with Crippen LogP contribution in [0, 0.1) is 0 Å². The number of ether oxygens (including phenoxy) is 1. The number of hydrogen-bond donors (Lipinski definition) is 1. The molecule has 0 saturated carbocycles. The Hall–Kier alpha value is -2.90. The molecular formula is C21H23N3O4. The minimum absolute atomic E-state index is 0.141. The monoisotopic (exact) mass is 381 g/mol. The van der Waals surface area contributed by atoms with Crippen molar-refractivity contribution in [3.05, 3.63) is 64.6 Å². The maximum atomic E-state index is 12.3. The van der Waals surface area contributed by atoms with Gasteiger partial charge in [0.05, 0.1) is 18.7 Å². The van der Waals surface area contributed by atoms with Gasteiger partial charge in [0.1, 0.15) is 0 Å². The minimum atomic E-state index is -0.443. The van der Waals surface area contributed by atoms with Gasteiger partial charge in [-0.1, -0.05) is 24.3 Å². The van der Waals surface area contributed by atoms with Gasteiger partial charge in [-0.15, -0.1) is 0 Å². The highest BCUT2D eigenvalue weighted by atomic mass is 16.5. The molecule has 1 aliphatic heterocycles. The normalized spacial score (nSPS) is 15.0. The number of fused-ring (bicyclic) bond motifs is 1. The van der Waals surface area contributed by atoms with Crippen LogP contribution in [0.4, 0.5) is 5.69 Å². The van der Waals surface area contributed by atoms with E-state index < -0.39 is 5.76 Å². The number of carbonyl (C=O) groups excluding carboxylic acids is 1. The summed E-state index contributed by atoms with van der Waals surface area (Å²) in [4.78, 5) is 26.6. The number of benzene rings is 2. The lowest BCUT2D eigenvalue weighted by atomic mass is 10.2. The first-order valence-corrected chi connectivity index (χ1v) is 9.46. The zero-order valence-electron chi connectivity index (χ0n) is 15.6. The molecule has 1 aromatic heterocycles. The molecule has 0 unspecified atom stereocenters. The van der Waals surface area contributed by atoms with E-state index in [2.05, 4.69) is 10.2 Å². The molecule has 7 nitrogen and oxygen atoms in total. The lowest BCUT2D eigenvalue weighted by molar-refractivity contribution is -0.116. The number of oxazole rings is 1. The molecule has 0 spiro atoms. The topological polar surface area (TPSA) is 76.7 Å². The SMILES string of the molecule is O=C(CCn1c(=O)oc2ccccc21)Nc1ccc(CN2CCOCC2)cc1. The van der Waals surface area contributed by atoms with Crippen molar-refractivity contribution in [3.63, 3.8) is 0 Å². The van der Waals surface area contributed by atoms with Gasteiger partial charge in [-0.05, 0) is 29.8 Å². The fraction of sp³-hybridized carbons (Fsp3) is 0.333. The Morgan fingerprint density at radius 2 is 1.79 bits per heavy atom. The Bertz CT molecular complexity index is 1000. The summed E-state index contributed by atoms with van der Waals surface area (Å²) in [5.74, 6) is -0.584. The minimum Gasteiger partial charge on any atom is -0.408 e. The zero-order chi connectivity index (χ0) is 19.3. The standard InChI is InChI=1S/C21H23N3O4/c25-20(9-10-24-18-3-1-2-4-19(18)28-21(24)26)22-17-7-5-16(6-8-17)15-23-11-13-27-14-12-23/h1-8H,9-15H2,(H,22,25). The third kappa shape index (κ3) is 4.32. The summed E-state index contributed by atoms with van der Waals surface area (Å²) in [5.41, 5.74) is 3.19. The fourth-order valence-electron chi connectivity index (χ4n) is 3.37. The van der Waals surface area contributed by atoms with Gasteiger partial charge in [0.15, 0.2) is 5.58 Å². The molecule has 1 saturated heterocycles. The molecule has 0 radical (unpaired) electrons. The molecule has 2 aromatic carbocycles. The van der Waals surface area contributed by atoms with Gasteiger partial charge in [-0.3, -0.25) is 14.3 Å². The molecule has 1 aliphatic rings. The van der Waals surface area contributed by atoms with Gasteiger partial charge >= 0.3 is 5.76 Å². The summed E-state index contributed by atoms with van der Waals surface area (Å²) in [7, 11) is 0. The maximum absolute atomic E-state index is 12.3. The van der Waals surface area contributed by atoms with Crippen molar-refractivity contribution < 1.29 is 13.9 Å². The number of morpholine rings is 1. The van der Waals surface area contributed by atoms with Crippen molar-refractivity contribution in [3.8, 4) is 0 Å². The highest BCUT2D eigenvalue weighted by molar-refractivity contribution is 5.90. The first-order chi connectivity index (χ1) is 13.7. The van der Waals surface area contributed by atoms with Crippen LogP contribution >= 0.6 is 0 Å². The number of amides is 1. The van der Waals surface area contributed by atoms with Gasteiger partial charge in [0.2, 0.25) is 5.91 Å². The van der Waals surface area contributed by atoms with E-state index in [9.17, 15) is 9.59 Å². The number of carbonyl (C=O) groups is 1. The summed E-state index contributed by atoms with van der Waals surface area (Å²) in [6, 6.07) is 15.1. The van der Waals surface area contributed by atoms with Gasteiger partial charge in [-0.25, -0.2) is 4.79 Å². The number of nitrogens with zero attached hydrogens (tertiary/aromatic N) is 2. The highest BCUT2D eigenvalue weighted by Gasteiger charge is 2.12. The quantitative estimate of drug-likeness (QED) is 0.710. The molecule has 2 heterocycles. The average molecular weight is 381 g/mol. The van der Waals surface area contributed by atoms with Gasteiger partial charge in [0, 0.05) is 38.3 Å². The molecule has 1 amide bonds. The summed E-state index contributed by atoms with van der Waals surface area (Å²) in [5, 5.41) is 2.88. The number of anilines is 1. The van der Waals surface area contributed by atoms with Crippen molar-refractivity contribution in [1.82, 2.24) is 9.47 Å². The Kier molecular flexibility index (Phi) is 5.55. The first kappa shape index (κ1) is 18.5. The van der Waals surface area contributed by atoms with Gasteiger partial charge < -0.3 is 14.5 Å². The number of para-hydroxylation sites is 2. The van der Waals surface area contributed by atoms with Crippen LogP contribution in [0.15, 0.2) is 57.7 Å². The largest absolute Gasteiger partial charge is 0.419 e. The number of aromatic nitrogens is 1. The van der Waals surface area contributed by atoms with Crippen LogP contribution in [-0.2, 0) is 22.6 Å². The first-order valence-electron chi connectivity index (χ1n) is 9.46. The Morgan fingerprint density at radius 1 is 1.04 bits per heavy atom. The molecule has 0 aliphatic carbocycles. The molecule has 0 bridgehead atoms. The van der Waals surface area contributed by atoms with Gasteiger partial charge in [0.25, 0.3) is 0 Å². The van der Waals surface area contributed by atoms with Crippen LogP contribution in [0.1, 0.15) is 12.0 Å². The number of aryl methyl sites for hydroxylation is 1. The molecule has 1 N–H and O–H groups in total. The molecule has 28 heavy (non-hydrogen) atoms. The van der Waals surface area contributed by atoms with Crippen molar-refractivity contribution in [2.45, 2.75) is 19.5 Å². The Balaban J connectivity index is 1.32. The van der Waals surface area contributed by atoms with E-state index in [1.807, 2.05) is 42.5 Å². The number of nitrogens with one attached hydrogen (secondary N) is 1. The predicted molar refractivity (Wildman–Crippen MR) is 106 cm³/mol. The van der Waals surface area contributed by atoms with E-state index in [1.54, 1.807) is 6.07 Å². The summed E-state index contributed by atoms with van der Waals surface area (Å²) < 4.78 is 12.0. The second-order valence-electron chi connectivity index (χ2n) is 6.87. The lowest BCUT2D eigenvalue weighted by Gasteiger charge is -2.26. The second-order valence-corrected chi connectivity index (χ2v) is 6.87. The van der Waals surface area contributed by atoms with E-state index in [1.165, 1.54) is 10.1 Å². The number of rotatable bonds is 6. The van der Waals surface area contributed by atoms with Crippen LogP contribution < -0.4 is 11.1 Å². The van der Waals surface area contributed by atoms with Crippen molar-refractivity contribution in [2.75, 3.05) is 31.6 Å². The average Bonchev–Trinajstić information content (AvgIpc) is 3.04. The van der Waals surface area contributed by atoms with Crippen molar-refractivity contribution in [2.24, 2.45) is 0 Å². The van der Waals surface area contributed by atoms with Crippen molar-refractivity contribution in [1.29, 1.82) is 0 Å².